The molecule has 0 bridgehead atoms. The molecule has 2 heterocycles. The van der Waals surface area contributed by atoms with Gasteiger partial charge in [-0.25, -0.2) is 9.78 Å². The molecule has 1 unspecified atom stereocenters. The Morgan fingerprint density at radius 3 is 2.82 bits per heavy atom. The molecular weight excluding hydrogens is 376 g/mol. The highest BCUT2D eigenvalue weighted by atomic mass is 35.5. The van der Waals surface area contributed by atoms with Gasteiger partial charge in [-0.05, 0) is 54.8 Å². The van der Waals surface area contributed by atoms with Crippen LogP contribution in [0.2, 0.25) is 5.02 Å². The van der Waals surface area contributed by atoms with E-state index in [1.54, 1.807) is 24.4 Å². The molecule has 28 heavy (non-hydrogen) atoms. The van der Waals surface area contributed by atoms with E-state index in [0.717, 1.165) is 47.2 Å². The minimum Gasteiger partial charge on any atom is -0.478 e. The molecule has 1 aliphatic heterocycles. The molecule has 0 saturated carbocycles. The first kappa shape index (κ1) is 18.7. The number of carboxylic acids is 1. The van der Waals surface area contributed by atoms with Crippen molar-refractivity contribution in [2.75, 3.05) is 6.54 Å². The van der Waals surface area contributed by atoms with E-state index in [1.807, 2.05) is 30.3 Å². The smallest absolute Gasteiger partial charge is 0.335 e. The summed E-state index contributed by atoms with van der Waals surface area (Å²) >= 11 is 5.94. The SMILES string of the molecule is O=C(O)c1cccc(CN2CCCC2c2ncc(Cc3ccc(Cl)cc3)o2)c1. The van der Waals surface area contributed by atoms with Gasteiger partial charge in [0.25, 0.3) is 0 Å². The Kier molecular flexibility index (Phi) is 5.46. The second-order valence-electron chi connectivity index (χ2n) is 7.10. The fraction of sp³-hybridized carbons (Fsp3) is 0.273. The van der Waals surface area contributed by atoms with Crippen molar-refractivity contribution in [1.29, 1.82) is 0 Å². The van der Waals surface area contributed by atoms with Crippen molar-refractivity contribution in [2.24, 2.45) is 0 Å². The molecule has 0 aliphatic carbocycles. The number of aromatic nitrogens is 1. The third kappa shape index (κ3) is 4.26. The molecule has 1 N–H and O–H groups in total. The lowest BCUT2D eigenvalue weighted by Crippen LogP contribution is -2.23. The number of halogens is 1. The molecule has 5 nitrogen and oxygen atoms in total. The van der Waals surface area contributed by atoms with Crippen LogP contribution in [-0.4, -0.2) is 27.5 Å². The molecule has 1 fully saturated rings. The van der Waals surface area contributed by atoms with Crippen molar-refractivity contribution < 1.29 is 14.3 Å². The number of hydrogen-bond donors (Lipinski definition) is 1. The molecule has 1 saturated heterocycles. The summed E-state index contributed by atoms with van der Waals surface area (Å²) in [5.74, 6) is 0.660. The van der Waals surface area contributed by atoms with Crippen LogP contribution in [0.15, 0.2) is 59.1 Å². The molecular formula is C22H21ClN2O3. The molecule has 3 aromatic rings. The number of carboxylic acid groups (broad SMARTS) is 1. The Morgan fingerprint density at radius 1 is 1.21 bits per heavy atom. The first-order chi connectivity index (χ1) is 13.6. The lowest BCUT2D eigenvalue weighted by Gasteiger charge is -2.22. The normalized spacial score (nSPS) is 17.1. The highest BCUT2D eigenvalue weighted by molar-refractivity contribution is 6.30. The summed E-state index contributed by atoms with van der Waals surface area (Å²) in [7, 11) is 0. The van der Waals surface area contributed by atoms with Crippen molar-refractivity contribution >= 4 is 17.6 Å². The predicted octanol–water partition coefficient (Wildman–Crippen LogP) is 4.95. The van der Waals surface area contributed by atoms with Gasteiger partial charge in [-0.3, -0.25) is 4.90 Å². The van der Waals surface area contributed by atoms with Crippen molar-refractivity contribution in [1.82, 2.24) is 9.88 Å². The van der Waals surface area contributed by atoms with Gasteiger partial charge in [-0.2, -0.15) is 0 Å². The number of likely N-dealkylation sites (tertiary alicyclic amines) is 1. The van der Waals surface area contributed by atoms with Gasteiger partial charge < -0.3 is 9.52 Å². The summed E-state index contributed by atoms with van der Waals surface area (Å²) in [6, 6.07) is 14.9. The number of oxazole rings is 1. The Labute approximate surface area is 168 Å². The van der Waals surface area contributed by atoms with E-state index in [-0.39, 0.29) is 6.04 Å². The van der Waals surface area contributed by atoms with E-state index in [0.29, 0.717) is 18.5 Å². The van der Waals surface area contributed by atoms with Crippen LogP contribution in [-0.2, 0) is 13.0 Å². The van der Waals surface area contributed by atoms with Crippen LogP contribution in [0.4, 0.5) is 0 Å². The molecule has 144 valence electrons. The van der Waals surface area contributed by atoms with Crippen molar-refractivity contribution in [3.63, 3.8) is 0 Å². The van der Waals surface area contributed by atoms with Crippen LogP contribution in [0.3, 0.4) is 0 Å². The zero-order valence-electron chi connectivity index (χ0n) is 15.3. The Hall–Kier alpha value is -2.63. The zero-order chi connectivity index (χ0) is 19.5. The molecule has 4 rings (SSSR count). The van der Waals surface area contributed by atoms with Gasteiger partial charge in [0.2, 0.25) is 5.89 Å². The average Bonchev–Trinajstić information content (AvgIpc) is 3.33. The highest BCUT2D eigenvalue weighted by Gasteiger charge is 2.30. The van der Waals surface area contributed by atoms with Crippen molar-refractivity contribution in [2.45, 2.75) is 31.8 Å². The van der Waals surface area contributed by atoms with E-state index in [1.165, 1.54) is 0 Å². The molecule has 6 heteroatoms. The van der Waals surface area contributed by atoms with E-state index in [2.05, 4.69) is 9.88 Å². The molecule has 1 aromatic heterocycles. The average molecular weight is 397 g/mol. The Balaban J connectivity index is 1.46. The van der Waals surface area contributed by atoms with Gasteiger partial charge >= 0.3 is 5.97 Å². The van der Waals surface area contributed by atoms with Crippen LogP contribution in [0.5, 0.6) is 0 Å². The number of carbonyl (C=O) groups is 1. The zero-order valence-corrected chi connectivity index (χ0v) is 16.1. The number of aromatic carboxylic acids is 1. The first-order valence-corrected chi connectivity index (χ1v) is 9.71. The molecule has 0 radical (unpaired) electrons. The molecule has 0 spiro atoms. The first-order valence-electron chi connectivity index (χ1n) is 9.34. The van der Waals surface area contributed by atoms with E-state index >= 15 is 0 Å². The van der Waals surface area contributed by atoms with Crippen LogP contribution >= 0.6 is 11.6 Å². The molecule has 2 aromatic carbocycles. The predicted molar refractivity (Wildman–Crippen MR) is 107 cm³/mol. The third-order valence-corrected chi connectivity index (χ3v) is 5.32. The van der Waals surface area contributed by atoms with Gasteiger partial charge in [0, 0.05) is 18.0 Å². The van der Waals surface area contributed by atoms with E-state index < -0.39 is 5.97 Å². The minimum atomic E-state index is -0.903. The number of rotatable bonds is 6. The maximum absolute atomic E-state index is 11.2. The lowest BCUT2D eigenvalue weighted by molar-refractivity contribution is 0.0696. The van der Waals surface area contributed by atoms with Gasteiger partial charge in [-0.15, -0.1) is 0 Å². The van der Waals surface area contributed by atoms with Crippen LogP contribution in [0.1, 0.15) is 52.0 Å². The van der Waals surface area contributed by atoms with Crippen LogP contribution in [0, 0.1) is 0 Å². The standard InChI is InChI=1S/C22H21ClN2O3/c23-18-8-6-15(7-9-18)12-19-13-24-21(28-19)20-5-2-10-25(20)14-16-3-1-4-17(11-16)22(26)27/h1,3-4,6-9,11,13,20H,2,5,10,12,14H2,(H,26,27). The third-order valence-electron chi connectivity index (χ3n) is 5.07. The van der Waals surface area contributed by atoms with Gasteiger partial charge in [0.15, 0.2) is 0 Å². The topological polar surface area (TPSA) is 66.6 Å². The second kappa shape index (κ2) is 8.17. The monoisotopic (exact) mass is 396 g/mol. The maximum atomic E-state index is 11.2. The van der Waals surface area contributed by atoms with Gasteiger partial charge in [-0.1, -0.05) is 35.9 Å². The van der Waals surface area contributed by atoms with Gasteiger partial charge in [0.1, 0.15) is 5.76 Å². The van der Waals surface area contributed by atoms with Crippen LogP contribution < -0.4 is 0 Å². The fourth-order valence-corrected chi connectivity index (χ4v) is 3.82. The summed E-state index contributed by atoms with van der Waals surface area (Å²) < 4.78 is 6.05. The number of benzene rings is 2. The minimum absolute atomic E-state index is 0.118. The second-order valence-corrected chi connectivity index (χ2v) is 7.54. The molecule has 0 amide bonds. The number of nitrogens with zero attached hydrogens (tertiary/aromatic N) is 2. The highest BCUT2D eigenvalue weighted by Crippen LogP contribution is 2.33. The van der Waals surface area contributed by atoms with Crippen molar-refractivity contribution in [3.8, 4) is 0 Å². The quantitative estimate of drug-likeness (QED) is 0.638. The maximum Gasteiger partial charge on any atom is 0.335 e. The summed E-state index contributed by atoms with van der Waals surface area (Å²) in [6.45, 7) is 1.62. The van der Waals surface area contributed by atoms with Gasteiger partial charge in [0.05, 0.1) is 17.8 Å². The summed E-state index contributed by atoms with van der Waals surface area (Å²) in [4.78, 5) is 18.0. The Morgan fingerprint density at radius 2 is 2.04 bits per heavy atom. The van der Waals surface area contributed by atoms with E-state index in [9.17, 15) is 9.90 Å². The fourth-order valence-electron chi connectivity index (χ4n) is 3.69. The lowest BCUT2D eigenvalue weighted by atomic mass is 10.1. The molecule has 1 aliphatic rings. The summed E-state index contributed by atoms with van der Waals surface area (Å²) in [6.07, 6.45) is 4.53. The Bertz CT molecular complexity index is 968. The summed E-state index contributed by atoms with van der Waals surface area (Å²) in [5.41, 5.74) is 2.43. The van der Waals surface area contributed by atoms with Crippen LogP contribution in [0.25, 0.3) is 0 Å². The summed E-state index contributed by atoms with van der Waals surface area (Å²) in [5, 5.41) is 9.91. The van der Waals surface area contributed by atoms with E-state index in [4.69, 9.17) is 16.0 Å². The number of hydrogen-bond acceptors (Lipinski definition) is 4. The largest absolute Gasteiger partial charge is 0.478 e. The molecule has 1 atom stereocenters. The van der Waals surface area contributed by atoms with Crippen molar-refractivity contribution in [3.05, 3.63) is 88.1 Å².